The highest BCUT2D eigenvalue weighted by Crippen LogP contribution is 2.29. The minimum atomic E-state index is -0.389. The summed E-state index contributed by atoms with van der Waals surface area (Å²) in [4.78, 5) is 10.7. The van der Waals surface area contributed by atoms with E-state index in [1.54, 1.807) is 12.1 Å². The molecule has 0 aliphatic carbocycles. The topological polar surface area (TPSA) is 52.4 Å². The Hall–Kier alpha value is -2.36. The molecule has 0 spiro atoms. The van der Waals surface area contributed by atoms with Crippen LogP contribution < -0.4 is 4.74 Å². The molecule has 0 saturated heterocycles. The van der Waals surface area contributed by atoms with E-state index in [4.69, 9.17) is 4.74 Å². The van der Waals surface area contributed by atoms with Crippen LogP contribution in [-0.4, -0.2) is 4.92 Å². The van der Waals surface area contributed by atoms with Crippen LogP contribution in [0.5, 0.6) is 5.75 Å². The van der Waals surface area contributed by atoms with Crippen LogP contribution in [-0.2, 0) is 13.0 Å². The van der Waals surface area contributed by atoms with Gasteiger partial charge in [0.1, 0.15) is 6.61 Å². The highest BCUT2D eigenvalue weighted by Gasteiger charge is 2.15. The first-order chi connectivity index (χ1) is 9.70. The number of ether oxygens (including phenoxy) is 1. The Morgan fingerprint density at radius 1 is 1.10 bits per heavy atom. The van der Waals surface area contributed by atoms with Gasteiger partial charge in [-0.25, -0.2) is 0 Å². The molecular formula is C16H17NO3. The van der Waals surface area contributed by atoms with E-state index >= 15 is 0 Å². The smallest absolute Gasteiger partial charge is 0.311 e. The molecule has 0 amide bonds. The second-order valence-electron chi connectivity index (χ2n) is 4.58. The molecule has 2 rings (SSSR count). The maximum Gasteiger partial charge on any atom is 0.311 e. The van der Waals surface area contributed by atoms with E-state index in [1.165, 1.54) is 0 Å². The van der Waals surface area contributed by atoms with Crippen molar-refractivity contribution in [1.82, 2.24) is 0 Å². The molecule has 0 saturated carbocycles. The molecule has 0 aliphatic rings. The molecule has 0 aliphatic heterocycles. The Labute approximate surface area is 118 Å². The Morgan fingerprint density at radius 3 is 2.50 bits per heavy atom. The average Bonchev–Trinajstić information content (AvgIpc) is 2.47. The number of nitrogens with zero attached hydrogens (tertiary/aromatic N) is 1. The Bertz CT molecular complexity index is 582. The monoisotopic (exact) mass is 271 g/mol. The normalized spacial score (nSPS) is 10.2. The molecule has 104 valence electrons. The summed E-state index contributed by atoms with van der Waals surface area (Å²) in [6, 6.07) is 14.8. The highest BCUT2D eigenvalue weighted by atomic mass is 16.6. The summed E-state index contributed by atoms with van der Waals surface area (Å²) in [6.07, 6.45) is 1.79. The van der Waals surface area contributed by atoms with Crippen LogP contribution in [0.4, 0.5) is 5.69 Å². The fourth-order valence-electron chi connectivity index (χ4n) is 2.01. The first kappa shape index (κ1) is 14.1. The molecule has 0 N–H and O–H groups in total. The number of aryl methyl sites for hydroxylation is 1. The molecule has 0 fully saturated rings. The molecule has 20 heavy (non-hydrogen) atoms. The van der Waals surface area contributed by atoms with Crippen molar-refractivity contribution in [3.05, 3.63) is 69.8 Å². The third kappa shape index (κ3) is 3.57. The maximum absolute atomic E-state index is 11.1. The number of nitro groups is 1. The second-order valence-corrected chi connectivity index (χ2v) is 4.58. The third-order valence-electron chi connectivity index (χ3n) is 3.00. The minimum absolute atomic E-state index is 0.0341. The van der Waals surface area contributed by atoms with Gasteiger partial charge in [0.05, 0.1) is 4.92 Å². The number of hydrogen-bond acceptors (Lipinski definition) is 3. The predicted octanol–water partition coefficient (Wildman–Crippen LogP) is 4.13. The molecule has 0 unspecified atom stereocenters. The maximum atomic E-state index is 11.1. The molecule has 2 aromatic rings. The summed E-state index contributed by atoms with van der Waals surface area (Å²) in [5.41, 5.74) is 1.98. The molecule has 0 radical (unpaired) electrons. The largest absolute Gasteiger partial charge is 0.482 e. The standard InChI is InChI=1S/C16H17NO3/c1-2-6-13-9-10-16(15(11-13)17(18)19)20-12-14-7-4-3-5-8-14/h3-5,7-11H,2,6,12H2,1H3. The van der Waals surface area contributed by atoms with E-state index in [-0.39, 0.29) is 10.6 Å². The minimum Gasteiger partial charge on any atom is -0.482 e. The summed E-state index contributed by atoms with van der Waals surface area (Å²) < 4.78 is 5.58. The van der Waals surface area contributed by atoms with Crippen molar-refractivity contribution in [3.63, 3.8) is 0 Å². The van der Waals surface area contributed by atoms with Gasteiger partial charge in [-0.05, 0) is 23.6 Å². The zero-order valence-electron chi connectivity index (χ0n) is 11.4. The lowest BCUT2D eigenvalue weighted by Gasteiger charge is -2.08. The van der Waals surface area contributed by atoms with Gasteiger partial charge in [0.2, 0.25) is 0 Å². The summed E-state index contributed by atoms with van der Waals surface area (Å²) in [7, 11) is 0. The molecular weight excluding hydrogens is 254 g/mol. The fourth-order valence-corrected chi connectivity index (χ4v) is 2.01. The van der Waals surface area contributed by atoms with Gasteiger partial charge in [-0.15, -0.1) is 0 Å². The number of benzene rings is 2. The van der Waals surface area contributed by atoms with Crippen molar-refractivity contribution in [2.45, 2.75) is 26.4 Å². The van der Waals surface area contributed by atoms with Crippen LogP contribution >= 0.6 is 0 Å². The Morgan fingerprint density at radius 2 is 1.85 bits per heavy atom. The SMILES string of the molecule is CCCc1ccc(OCc2ccccc2)c([N+](=O)[O-])c1. The van der Waals surface area contributed by atoms with E-state index in [0.29, 0.717) is 12.4 Å². The van der Waals surface area contributed by atoms with E-state index in [1.807, 2.05) is 43.3 Å². The van der Waals surface area contributed by atoms with E-state index in [2.05, 4.69) is 0 Å². The predicted molar refractivity (Wildman–Crippen MR) is 77.9 cm³/mol. The first-order valence-corrected chi connectivity index (χ1v) is 6.64. The van der Waals surface area contributed by atoms with Crippen molar-refractivity contribution in [2.75, 3.05) is 0 Å². The van der Waals surface area contributed by atoms with Crippen molar-refractivity contribution >= 4 is 5.69 Å². The zero-order valence-corrected chi connectivity index (χ0v) is 11.4. The number of hydrogen-bond donors (Lipinski definition) is 0. The summed E-state index contributed by atoms with van der Waals surface area (Å²) >= 11 is 0. The molecule has 2 aromatic carbocycles. The average molecular weight is 271 g/mol. The van der Waals surface area contributed by atoms with E-state index in [0.717, 1.165) is 24.0 Å². The van der Waals surface area contributed by atoms with Crippen LogP contribution in [0.2, 0.25) is 0 Å². The van der Waals surface area contributed by atoms with Gasteiger partial charge in [0.15, 0.2) is 5.75 Å². The second kappa shape index (κ2) is 6.70. The first-order valence-electron chi connectivity index (χ1n) is 6.64. The van der Waals surface area contributed by atoms with Crippen molar-refractivity contribution < 1.29 is 9.66 Å². The molecule has 0 aromatic heterocycles. The highest BCUT2D eigenvalue weighted by molar-refractivity contribution is 5.48. The van der Waals surface area contributed by atoms with Crippen LogP contribution in [0.3, 0.4) is 0 Å². The van der Waals surface area contributed by atoms with Crippen LogP contribution in [0.25, 0.3) is 0 Å². The molecule has 0 heterocycles. The quantitative estimate of drug-likeness (QED) is 0.586. The van der Waals surface area contributed by atoms with Crippen LogP contribution in [0.1, 0.15) is 24.5 Å². The van der Waals surface area contributed by atoms with Crippen molar-refractivity contribution in [1.29, 1.82) is 0 Å². The summed E-state index contributed by atoms with van der Waals surface area (Å²) in [5.74, 6) is 0.318. The number of nitro benzene ring substituents is 1. The summed E-state index contributed by atoms with van der Waals surface area (Å²) in [5, 5.41) is 11.1. The van der Waals surface area contributed by atoms with Gasteiger partial charge < -0.3 is 4.74 Å². The van der Waals surface area contributed by atoms with Gasteiger partial charge in [0, 0.05) is 6.07 Å². The molecule has 0 atom stereocenters. The zero-order chi connectivity index (χ0) is 14.4. The van der Waals surface area contributed by atoms with Crippen LogP contribution in [0.15, 0.2) is 48.5 Å². The van der Waals surface area contributed by atoms with Gasteiger partial charge in [0.25, 0.3) is 0 Å². The number of rotatable bonds is 6. The van der Waals surface area contributed by atoms with Crippen molar-refractivity contribution in [2.24, 2.45) is 0 Å². The van der Waals surface area contributed by atoms with Gasteiger partial charge in [-0.1, -0.05) is 49.7 Å². The Balaban J connectivity index is 2.16. The molecule has 4 heteroatoms. The van der Waals surface area contributed by atoms with Gasteiger partial charge in [-0.3, -0.25) is 10.1 Å². The van der Waals surface area contributed by atoms with E-state index < -0.39 is 0 Å². The lowest BCUT2D eigenvalue weighted by Crippen LogP contribution is -2.00. The van der Waals surface area contributed by atoms with Crippen molar-refractivity contribution in [3.8, 4) is 5.75 Å². The van der Waals surface area contributed by atoms with E-state index in [9.17, 15) is 10.1 Å². The van der Waals surface area contributed by atoms with Gasteiger partial charge >= 0.3 is 5.69 Å². The summed E-state index contributed by atoms with van der Waals surface area (Å²) in [6.45, 7) is 2.38. The lowest BCUT2D eigenvalue weighted by atomic mass is 10.1. The van der Waals surface area contributed by atoms with Gasteiger partial charge in [-0.2, -0.15) is 0 Å². The lowest BCUT2D eigenvalue weighted by molar-refractivity contribution is -0.386. The molecule has 0 bridgehead atoms. The fraction of sp³-hybridized carbons (Fsp3) is 0.250. The Kier molecular flexibility index (Phi) is 4.71. The molecule has 4 nitrogen and oxygen atoms in total. The van der Waals surface area contributed by atoms with Crippen LogP contribution in [0, 0.1) is 10.1 Å². The third-order valence-corrected chi connectivity index (χ3v) is 3.00.